The van der Waals surface area contributed by atoms with Crippen LogP contribution in [0.2, 0.25) is 5.02 Å². The second-order valence-corrected chi connectivity index (χ2v) is 9.69. The predicted octanol–water partition coefficient (Wildman–Crippen LogP) is 4.98. The first kappa shape index (κ1) is 21.2. The van der Waals surface area contributed by atoms with Crippen molar-refractivity contribution in [2.24, 2.45) is 0 Å². The highest BCUT2D eigenvalue weighted by molar-refractivity contribution is 7.95. The zero-order valence-corrected chi connectivity index (χ0v) is 18.3. The maximum atomic E-state index is 13.5. The second kappa shape index (κ2) is 8.21. The molecule has 1 atom stereocenters. The van der Waals surface area contributed by atoms with Gasteiger partial charge in [0.2, 0.25) is 9.84 Å². The van der Waals surface area contributed by atoms with Crippen LogP contribution in [0.3, 0.4) is 0 Å². The molecule has 0 fully saturated rings. The SMILES string of the molecule is Cc1ccc(S(=O)(=O)C2=C(O)C(=O)N(Cc3ccccc3Cl)[C@@H]2c2ccccc2)cc1. The fraction of sp³-hybridized carbons (Fsp3) is 0.125. The molecule has 1 N–H and O–H groups in total. The van der Waals surface area contributed by atoms with E-state index in [1.165, 1.54) is 17.0 Å². The van der Waals surface area contributed by atoms with Gasteiger partial charge in [-0.2, -0.15) is 0 Å². The fourth-order valence-electron chi connectivity index (χ4n) is 3.69. The summed E-state index contributed by atoms with van der Waals surface area (Å²) < 4.78 is 27.1. The van der Waals surface area contributed by atoms with Crippen LogP contribution in [-0.4, -0.2) is 24.3 Å². The molecule has 0 aromatic heterocycles. The van der Waals surface area contributed by atoms with Crippen molar-refractivity contribution in [2.45, 2.75) is 24.4 Å². The number of aliphatic hydroxyl groups is 1. The van der Waals surface area contributed by atoms with Crippen LogP contribution in [0, 0.1) is 6.92 Å². The number of hydrogen-bond acceptors (Lipinski definition) is 4. The number of nitrogens with zero attached hydrogens (tertiary/aromatic N) is 1. The third kappa shape index (κ3) is 3.84. The molecule has 1 aliphatic heterocycles. The standard InChI is InChI=1S/C24H20ClNO4S/c1-16-11-13-19(14-12-16)31(29,30)23-21(17-7-3-2-4-8-17)26(24(28)22(23)27)15-18-9-5-6-10-20(18)25/h2-14,21,27H,15H2,1H3/t21-/m1/s1. The molecule has 0 saturated carbocycles. The van der Waals surface area contributed by atoms with Gasteiger partial charge >= 0.3 is 0 Å². The number of rotatable bonds is 5. The Labute approximate surface area is 186 Å². The van der Waals surface area contributed by atoms with E-state index in [0.717, 1.165) is 5.56 Å². The van der Waals surface area contributed by atoms with Crippen LogP contribution in [0.15, 0.2) is 94.4 Å². The average molecular weight is 454 g/mol. The van der Waals surface area contributed by atoms with Crippen molar-refractivity contribution in [1.82, 2.24) is 4.90 Å². The van der Waals surface area contributed by atoms with Crippen LogP contribution >= 0.6 is 11.6 Å². The van der Waals surface area contributed by atoms with Gasteiger partial charge in [-0.25, -0.2) is 8.42 Å². The van der Waals surface area contributed by atoms with E-state index in [0.29, 0.717) is 16.1 Å². The molecule has 31 heavy (non-hydrogen) atoms. The zero-order valence-electron chi connectivity index (χ0n) is 16.7. The van der Waals surface area contributed by atoms with Gasteiger partial charge in [0.25, 0.3) is 5.91 Å². The topological polar surface area (TPSA) is 74.7 Å². The Kier molecular flexibility index (Phi) is 5.60. The molecule has 158 valence electrons. The molecule has 0 aliphatic carbocycles. The minimum absolute atomic E-state index is 0.0213. The normalized spacial score (nSPS) is 16.8. The molecule has 3 aromatic carbocycles. The number of aliphatic hydroxyl groups excluding tert-OH is 1. The van der Waals surface area contributed by atoms with Crippen molar-refractivity contribution < 1.29 is 18.3 Å². The summed E-state index contributed by atoms with van der Waals surface area (Å²) in [5.74, 6) is -1.51. The minimum Gasteiger partial charge on any atom is -0.502 e. The first-order chi connectivity index (χ1) is 14.8. The first-order valence-corrected chi connectivity index (χ1v) is 11.5. The number of aryl methyl sites for hydroxylation is 1. The fourth-order valence-corrected chi connectivity index (χ4v) is 5.53. The average Bonchev–Trinajstić information content (AvgIpc) is 3.02. The molecular weight excluding hydrogens is 434 g/mol. The van der Waals surface area contributed by atoms with E-state index in [1.807, 2.05) is 6.92 Å². The lowest BCUT2D eigenvalue weighted by atomic mass is 10.1. The van der Waals surface area contributed by atoms with E-state index in [-0.39, 0.29) is 16.3 Å². The summed E-state index contributed by atoms with van der Waals surface area (Å²) in [5, 5.41) is 11.2. The van der Waals surface area contributed by atoms with Crippen molar-refractivity contribution in [3.05, 3.63) is 111 Å². The molecule has 7 heteroatoms. The lowest BCUT2D eigenvalue weighted by molar-refractivity contribution is -0.130. The number of carbonyl (C=O) groups excluding carboxylic acids is 1. The molecule has 1 heterocycles. The van der Waals surface area contributed by atoms with Gasteiger partial charge in [-0.3, -0.25) is 4.79 Å². The molecule has 4 rings (SSSR count). The molecule has 0 radical (unpaired) electrons. The summed E-state index contributed by atoms with van der Waals surface area (Å²) in [7, 11) is -4.14. The number of halogens is 1. The van der Waals surface area contributed by atoms with Crippen molar-refractivity contribution in [3.8, 4) is 0 Å². The highest BCUT2D eigenvalue weighted by Crippen LogP contribution is 2.43. The molecule has 3 aromatic rings. The third-order valence-corrected chi connectivity index (χ3v) is 7.55. The lowest BCUT2D eigenvalue weighted by Crippen LogP contribution is -2.30. The van der Waals surface area contributed by atoms with E-state index in [4.69, 9.17) is 11.6 Å². The summed E-state index contributed by atoms with van der Waals surface area (Å²) in [4.78, 5) is 14.1. The first-order valence-electron chi connectivity index (χ1n) is 9.65. The van der Waals surface area contributed by atoms with Gasteiger partial charge in [0, 0.05) is 11.6 Å². The second-order valence-electron chi connectivity index (χ2n) is 7.37. The minimum atomic E-state index is -4.14. The number of amides is 1. The smallest absolute Gasteiger partial charge is 0.290 e. The Hall–Kier alpha value is -3.09. The molecule has 1 amide bonds. The van der Waals surface area contributed by atoms with Crippen LogP contribution in [0.4, 0.5) is 0 Å². The van der Waals surface area contributed by atoms with Crippen molar-refractivity contribution in [3.63, 3.8) is 0 Å². The van der Waals surface area contributed by atoms with E-state index in [1.54, 1.807) is 66.7 Å². The van der Waals surface area contributed by atoms with Gasteiger partial charge in [0.05, 0.1) is 10.9 Å². The largest absolute Gasteiger partial charge is 0.502 e. The van der Waals surface area contributed by atoms with Crippen molar-refractivity contribution in [2.75, 3.05) is 0 Å². The Morgan fingerprint density at radius 1 is 0.935 bits per heavy atom. The van der Waals surface area contributed by atoms with Crippen LogP contribution < -0.4 is 0 Å². The Bertz CT molecular complexity index is 1270. The Morgan fingerprint density at radius 3 is 2.19 bits per heavy atom. The van der Waals surface area contributed by atoms with Crippen molar-refractivity contribution >= 4 is 27.3 Å². The molecule has 0 saturated heterocycles. The van der Waals surface area contributed by atoms with E-state index >= 15 is 0 Å². The number of carbonyl (C=O) groups is 1. The predicted molar refractivity (Wildman–Crippen MR) is 119 cm³/mol. The van der Waals surface area contributed by atoms with E-state index in [9.17, 15) is 18.3 Å². The maximum absolute atomic E-state index is 13.5. The summed E-state index contributed by atoms with van der Waals surface area (Å²) >= 11 is 6.29. The van der Waals surface area contributed by atoms with Gasteiger partial charge in [-0.15, -0.1) is 0 Å². The van der Waals surface area contributed by atoms with Gasteiger partial charge in [0.15, 0.2) is 5.76 Å². The van der Waals surface area contributed by atoms with Crippen LogP contribution in [-0.2, 0) is 21.2 Å². The van der Waals surface area contributed by atoms with Gasteiger partial charge in [-0.05, 0) is 36.2 Å². The van der Waals surface area contributed by atoms with E-state index in [2.05, 4.69) is 0 Å². The summed E-state index contributed by atoms with van der Waals surface area (Å²) in [6.45, 7) is 1.90. The summed E-state index contributed by atoms with van der Waals surface area (Å²) in [6.07, 6.45) is 0. The van der Waals surface area contributed by atoms with Gasteiger partial charge in [-0.1, -0.05) is 77.8 Å². The molecule has 5 nitrogen and oxygen atoms in total. The lowest BCUT2D eigenvalue weighted by Gasteiger charge is -2.27. The molecule has 0 spiro atoms. The van der Waals surface area contributed by atoms with Gasteiger partial charge in [0.1, 0.15) is 4.91 Å². The number of benzene rings is 3. The quantitative estimate of drug-likeness (QED) is 0.591. The molecular formula is C24H20ClNO4S. The third-order valence-electron chi connectivity index (χ3n) is 5.29. The molecule has 0 unspecified atom stereocenters. The highest BCUT2D eigenvalue weighted by Gasteiger charge is 2.46. The van der Waals surface area contributed by atoms with Crippen LogP contribution in [0.1, 0.15) is 22.7 Å². The molecule has 1 aliphatic rings. The summed E-state index contributed by atoms with van der Waals surface area (Å²) in [5.41, 5.74) is 2.14. The Morgan fingerprint density at radius 2 is 1.55 bits per heavy atom. The molecule has 0 bridgehead atoms. The van der Waals surface area contributed by atoms with Gasteiger partial charge < -0.3 is 10.0 Å². The zero-order chi connectivity index (χ0) is 22.2. The van der Waals surface area contributed by atoms with Crippen LogP contribution in [0.5, 0.6) is 0 Å². The Balaban J connectivity index is 1.86. The summed E-state index contributed by atoms with van der Waals surface area (Å²) in [6, 6.07) is 21.2. The van der Waals surface area contributed by atoms with E-state index < -0.39 is 27.5 Å². The monoisotopic (exact) mass is 453 g/mol. The number of hydrogen-bond donors (Lipinski definition) is 1. The maximum Gasteiger partial charge on any atom is 0.290 e. The van der Waals surface area contributed by atoms with Crippen LogP contribution in [0.25, 0.3) is 0 Å². The number of sulfone groups is 1. The van der Waals surface area contributed by atoms with Crippen molar-refractivity contribution in [1.29, 1.82) is 0 Å². The highest BCUT2D eigenvalue weighted by atomic mass is 35.5.